The molecule has 0 fully saturated rings. The third-order valence-corrected chi connectivity index (χ3v) is 12.5. The first-order valence-corrected chi connectivity index (χ1v) is 19.6. The summed E-state index contributed by atoms with van der Waals surface area (Å²) < 4.78 is 0. The SMILES string of the molecule is CC1(C)c2ccccc2-c2ccc(N(C3=C(C4=CCCC=C4)C=CCC3)c3ccc4c(c3)C(C3=CCCC=C3)(c3ccccc3)c3ccccc3-4)cc21. The zero-order valence-corrected chi connectivity index (χ0v) is 30.8. The van der Waals surface area contributed by atoms with Gasteiger partial charge in [-0.3, -0.25) is 0 Å². The summed E-state index contributed by atoms with van der Waals surface area (Å²) >= 11 is 0. The third-order valence-electron chi connectivity index (χ3n) is 12.5. The van der Waals surface area contributed by atoms with Crippen molar-refractivity contribution in [1.82, 2.24) is 0 Å². The molecular formula is C52H45N. The van der Waals surface area contributed by atoms with Gasteiger partial charge in [0.2, 0.25) is 0 Å². The minimum atomic E-state index is -0.411. The lowest BCUT2D eigenvalue weighted by Gasteiger charge is -2.37. The second-order valence-corrected chi connectivity index (χ2v) is 15.7. The van der Waals surface area contributed by atoms with E-state index in [1.165, 1.54) is 83.9 Å². The standard InChI is InChI=1S/C52H45N/c1-51(2)46-27-15-12-25-42(46)44-32-30-39(34-48(44)51)53(50-29-17-14-24-41(50)36-18-6-3-7-19-36)40-31-33-45-43-26-13-16-28-47(43)52(49(45)35-40,37-20-8-4-9-21-37)38-22-10-5-11-23-38/h4,6,8-10,12-16,18-28,30-35H,3,5,7,11,17,29H2,1-2H3. The van der Waals surface area contributed by atoms with Crippen molar-refractivity contribution in [3.05, 3.63) is 214 Å². The normalized spacial score (nSPS) is 20.3. The lowest BCUT2D eigenvalue weighted by atomic mass is 9.66. The summed E-state index contributed by atoms with van der Waals surface area (Å²) in [4.78, 5) is 2.62. The monoisotopic (exact) mass is 683 g/mol. The second kappa shape index (κ2) is 12.5. The molecule has 0 radical (unpaired) electrons. The highest BCUT2D eigenvalue weighted by molar-refractivity contribution is 5.90. The van der Waals surface area contributed by atoms with E-state index in [-0.39, 0.29) is 5.41 Å². The molecule has 0 aliphatic heterocycles. The van der Waals surface area contributed by atoms with E-state index in [0.29, 0.717) is 0 Å². The molecule has 0 amide bonds. The van der Waals surface area contributed by atoms with E-state index in [9.17, 15) is 0 Å². The van der Waals surface area contributed by atoms with Crippen LogP contribution in [-0.2, 0) is 10.8 Å². The molecule has 5 aliphatic carbocycles. The average Bonchev–Trinajstić information content (AvgIpc) is 3.64. The van der Waals surface area contributed by atoms with Gasteiger partial charge in [-0.2, -0.15) is 0 Å². The Morgan fingerprint density at radius 1 is 0.491 bits per heavy atom. The van der Waals surface area contributed by atoms with Crippen LogP contribution < -0.4 is 4.90 Å². The maximum absolute atomic E-state index is 2.62. The van der Waals surface area contributed by atoms with E-state index in [1.807, 2.05) is 0 Å². The molecule has 0 saturated heterocycles. The Hall–Kier alpha value is -5.66. The number of benzene rings is 5. The Morgan fingerprint density at radius 2 is 1.09 bits per heavy atom. The van der Waals surface area contributed by atoms with Crippen molar-refractivity contribution in [2.45, 2.75) is 63.2 Å². The molecule has 5 aromatic rings. The fourth-order valence-corrected chi connectivity index (χ4v) is 10.0. The van der Waals surface area contributed by atoms with Crippen molar-refractivity contribution in [2.24, 2.45) is 0 Å². The highest BCUT2D eigenvalue weighted by Gasteiger charge is 2.47. The number of nitrogens with zero attached hydrogens (tertiary/aromatic N) is 1. The predicted molar refractivity (Wildman–Crippen MR) is 223 cm³/mol. The fraction of sp³-hybridized carbons (Fsp3) is 0.192. The summed E-state index contributed by atoms with van der Waals surface area (Å²) in [7, 11) is 0. The average molecular weight is 684 g/mol. The maximum atomic E-state index is 2.62. The van der Waals surface area contributed by atoms with Crippen molar-refractivity contribution in [2.75, 3.05) is 4.90 Å². The minimum Gasteiger partial charge on any atom is -0.314 e. The van der Waals surface area contributed by atoms with E-state index < -0.39 is 5.41 Å². The summed E-state index contributed by atoms with van der Waals surface area (Å²) in [5, 5.41) is 0. The van der Waals surface area contributed by atoms with Crippen LogP contribution in [0, 0.1) is 0 Å². The van der Waals surface area contributed by atoms with Crippen LogP contribution in [0.1, 0.15) is 80.2 Å². The van der Waals surface area contributed by atoms with Gasteiger partial charge in [-0.15, -0.1) is 0 Å². The predicted octanol–water partition coefficient (Wildman–Crippen LogP) is 13.6. The van der Waals surface area contributed by atoms with Crippen LogP contribution in [0.15, 0.2) is 186 Å². The molecular weight excluding hydrogens is 639 g/mol. The first-order valence-electron chi connectivity index (χ1n) is 19.6. The fourth-order valence-electron chi connectivity index (χ4n) is 10.0. The van der Waals surface area contributed by atoms with Crippen molar-refractivity contribution < 1.29 is 0 Å². The van der Waals surface area contributed by atoms with Gasteiger partial charge in [-0.1, -0.05) is 153 Å². The van der Waals surface area contributed by atoms with Crippen molar-refractivity contribution in [1.29, 1.82) is 0 Å². The summed E-state index contributed by atoms with van der Waals surface area (Å²) in [6.45, 7) is 4.79. The number of rotatable bonds is 6. The minimum absolute atomic E-state index is 0.0895. The van der Waals surface area contributed by atoms with Crippen LogP contribution in [0.25, 0.3) is 22.3 Å². The Bertz CT molecular complexity index is 2480. The Kier molecular flexibility index (Phi) is 7.55. The van der Waals surface area contributed by atoms with Crippen LogP contribution in [0.5, 0.6) is 0 Å². The Balaban J connectivity index is 1.25. The summed E-state index contributed by atoms with van der Waals surface area (Å²) in [6, 6.07) is 44.0. The number of hydrogen-bond donors (Lipinski definition) is 0. The van der Waals surface area contributed by atoms with Crippen LogP contribution in [0.2, 0.25) is 0 Å². The third kappa shape index (κ3) is 4.83. The molecule has 0 N–H and O–H groups in total. The van der Waals surface area contributed by atoms with Crippen LogP contribution in [-0.4, -0.2) is 0 Å². The van der Waals surface area contributed by atoms with Gasteiger partial charge in [0.05, 0.1) is 5.41 Å². The molecule has 1 heteroatoms. The number of anilines is 2. The van der Waals surface area contributed by atoms with E-state index in [4.69, 9.17) is 0 Å². The maximum Gasteiger partial charge on any atom is 0.0711 e. The second-order valence-electron chi connectivity index (χ2n) is 15.7. The van der Waals surface area contributed by atoms with Crippen molar-refractivity contribution in [3.63, 3.8) is 0 Å². The summed E-state index contributed by atoms with van der Waals surface area (Å²) in [5.41, 5.74) is 19.6. The molecule has 5 aliphatic rings. The molecule has 0 heterocycles. The van der Waals surface area contributed by atoms with Gasteiger partial charge in [-0.05, 0) is 124 Å². The van der Waals surface area contributed by atoms with E-state index >= 15 is 0 Å². The molecule has 1 atom stereocenters. The molecule has 1 unspecified atom stereocenters. The zero-order valence-electron chi connectivity index (χ0n) is 30.8. The van der Waals surface area contributed by atoms with Gasteiger partial charge in [0.1, 0.15) is 0 Å². The molecule has 258 valence electrons. The van der Waals surface area contributed by atoms with E-state index in [1.54, 1.807) is 0 Å². The molecule has 10 rings (SSSR count). The van der Waals surface area contributed by atoms with Gasteiger partial charge in [0.25, 0.3) is 0 Å². The van der Waals surface area contributed by atoms with Gasteiger partial charge >= 0.3 is 0 Å². The zero-order chi connectivity index (χ0) is 35.6. The van der Waals surface area contributed by atoms with Gasteiger partial charge in [0, 0.05) is 28.1 Å². The van der Waals surface area contributed by atoms with Gasteiger partial charge in [0.15, 0.2) is 0 Å². The Labute approximate surface area is 314 Å². The summed E-state index contributed by atoms with van der Waals surface area (Å²) in [5.74, 6) is 0. The molecule has 0 bridgehead atoms. The van der Waals surface area contributed by atoms with Crippen LogP contribution in [0.4, 0.5) is 11.4 Å². The smallest absolute Gasteiger partial charge is 0.0711 e. The number of allylic oxidation sites excluding steroid dienone is 12. The largest absolute Gasteiger partial charge is 0.314 e. The highest BCUT2D eigenvalue weighted by Crippen LogP contribution is 2.58. The molecule has 0 aromatic heterocycles. The molecule has 0 spiro atoms. The first kappa shape index (κ1) is 32.0. The molecule has 0 saturated carbocycles. The van der Waals surface area contributed by atoms with Gasteiger partial charge in [-0.25, -0.2) is 0 Å². The lowest BCUT2D eigenvalue weighted by molar-refractivity contribution is 0.660. The summed E-state index contributed by atoms with van der Waals surface area (Å²) in [6.07, 6.45) is 25.5. The van der Waals surface area contributed by atoms with E-state index in [0.717, 1.165) is 38.5 Å². The molecule has 5 aromatic carbocycles. The lowest BCUT2D eigenvalue weighted by Crippen LogP contribution is -2.30. The van der Waals surface area contributed by atoms with Crippen LogP contribution >= 0.6 is 0 Å². The highest BCUT2D eigenvalue weighted by atomic mass is 15.2. The van der Waals surface area contributed by atoms with E-state index in [2.05, 4.69) is 183 Å². The molecule has 1 nitrogen and oxygen atoms in total. The molecule has 53 heavy (non-hydrogen) atoms. The van der Waals surface area contributed by atoms with Crippen molar-refractivity contribution in [3.8, 4) is 22.3 Å². The first-order chi connectivity index (χ1) is 26.1. The van der Waals surface area contributed by atoms with Crippen LogP contribution in [0.3, 0.4) is 0 Å². The van der Waals surface area contributed by atoms with Gasteiger partial charge < -0.3 is 4.90 Å². The number of hydrogen-bond acceptors (Lipinski definition) is 1. The quantitative estimate of drug-likeness (QED) is 0.172. The van der Waals surface area contributed by atoms with Crippen molar-refractivity contribution >= 4 is 11.4 Å². The topological polar surface area (TPSA) is 3.24 Å². The number of fused-ring (bicyclic) bond motifs is 6. The Morgan fingerprint density at radius 3 is 1.81 bits per heavy atom.